The Morgan fingerprint density at radius 3 is 2.84 bits per heavy atom. The number of nitrogens with zero attached hydrogens (tertiary/aromatic N) is 3. The van der Waals surface area contributed by atoms with Crippen LogP contribution in [0.2, 0.25) is 0 Å². The molecule has 2 aliphatic rings. The van der Waals surface area contributed by atoms with Crippen LogP contribution in [0.1, 0.15) is 25.1 Å². The number of hydrogen-bond acceptors (Lipinski definition) is 3. The maximum atomic E-state index is 9.54. The van der Waals surface area contributed by atoms with Gasteiger partial charge in [0.25, 0.3) is 0 Å². The van der Waals surface area contributed by atoms with E-state index in [4.69, 9.17) is 0 Å². The zero-order valence-electron chi connectivity index (χ0n) is 11.0. The first-order valence-electron chi connectivity index (χ1n) is 7.23. The Morgan fingerprint density at radius 2 is 2.05 bits per heavy atom. The van der Waals surface area contributed by atoms with Crippen molar-refractivity contribution in [2.45, 2.75) is 38.3 Å². The van der Waals surface area contributed by atoms with Crippen LogP contribution >= 0.6 is 0 Å². The molecule has 1 aliphatic heterocycles. The average Bonchev–Trinajstić information content (AvgIpc) is 2.54. The Morgan fingerprint density at radius 1 is 1.16 bits per heavy atom. The highest BCUT2D eigenvalue weighted by atomic mass is 16.3. The molecule has 1 aliphatic carbocycles. The number of rotatable bonds is 1. The smallest absolute Gasteiger partial charge is 0.117 e. The van der Waals surface area contributed by atoms with Gasteiger partial charge in [-0.25, -0.2) is 4.98 Å². The molecule has 0 amide bonds. The van der Waals surface area contributed by atoms with Gasteiger partial charge in [-0.2, -0.15) is 0 Å². The molecular formula is C15H19N3O. The lowest BCUT2D eigenvalue weighted by molar-refractivity contribution is 0.130. The van der Waals surface area contributed by atoms with Gasteiger partial charge in [-0.3, -0.25) is 4.90 Å². The minimum Gasteiger partial charge on any atom is -0.508 e. The monoisotopic (exact) mass is 257 g/mol. The first-order valence-corrected chi connectivity index (χ1v) is 7.23. The summed E-state index contributed by atoms with van der Waals surface area (Å²) in [5.74, 6) is 1.47. The minimum atomic E-state index is 0.303. The first kappa shape index (κ1) is 11.3. The van der Waals surface area contributed by atoms with Gasteiger partial charge in [0.05, 0.1) is 11.0 Å². The van der Waals surface area contributed by atoms with Gasteiger partial charge in [0.1, 0.15) is 11.6 Å². The second-order valence-corrected chi connectivity index (χ2v) is 5.72. The van der Waals surface area contributed by atoms with Crippen LogP contribution < -0.4 is 0 Å². The van der Waals surface area contributed by atoms with Crippen molar-refractivity contribution < 1.29 is 5.11 Å². The fraction of sp³-hybridized carbons (Fsp3) is 0.533. The van der Waals surface area contributed by atoms with Crippen molar-refractivity contribution in [2.75, 3.05) is 13.1 Å². The van der Waals surface area contributed by atoms with E-state index >= 15 is 0 Å². The number of fused-ring (bicyclic) bond motifs is 3. The van der Waals surface area contributed by atoms with E-state index in [0.717, 1.165) is 43.1 Å². The molecule has 1 N–H and O–H groups in total. The molecule has 0 bridgehead atoms. The summed E-state index contributed by atoms with van der Waals surface area (Å²) in [7, 11) is 0. The van der Waals surface area contributed by atoms with Crippen LogP contribution in [0.25, 0.3) is 11.0 Å². The van der Waals surface area contributed by atoms with E-state index in [1.54, 1.807) is 12.1 Å². The molecule has 1 saturated carbocycles. The van der Waals surface area contributed by atoms with E-state index in [1.807, 2.05) is 6.07 Å². The van der Waals surface area contributed by atoms with Crippen molar-refractivity contribution in [3.63, 3.8) is 0 Å². The summed E-state index contributed by atoms with van der Waals surface area (Å²) in [6.07, 6.45) is 5.16. The molecule has 19 heavy (non-hydrogen) atoms. The zero-order valence-corrected chi connectivity index (χ0v) is 11.0. The lowest BCUT2D eigenvalue weighted by Gasteiger charge is -2.36. The fourth-order valence-corrected chi connectivity index (χ4v) is 3.31. The van der Waals surface area contributed by atoms with E-state index in [1.165, 1.54) is 25.1 Å². The third-order valence-corrected chi connectivity index (χ3v) is 4.64. The highest BCUT2D eigenvalue weighted by Gasteiger charge is 2.27. The Balaban J connectivity index is 1.66. The SMILES string of the molecule is Oc1ccc2c(c1)nc1n2CCN(C2CCC2)CC1. The van der Waals surface area contributed by atoms with Crippen LogP contribution in [-0.2, 0) is 13.0 Å². The predicted molar refractivity (Wildman–Crippen MR) is 74.3 cm³/mol. The molecule has 0 atom stereocenters. The number of aromatic nitrogens is 2. The number of benzene rings is 1. The average molecular weight is 257 g/mol. The molecule has 1 fully saturated rings. The number of aromatic hydroxyl groups is 1. The van der Waals surface area contributed by atoms with Gasteiger partial charge >= 0.3 is 0 Å². The van der Waals surface area contributed by atoms with Crippen molar-refractivity contribution in [2.24, 2.45) is 0 Å². The summed E-state index contributed by atoms with van der Waals surface area (Å²) in [5.41, 5.74) is 2.08. The quantitative estimate of drug-likeness (QED) is 0.851. The fourth-order valence-electron chi connectivity index (χ4n) is 3.31. The van der Waals surface area contributed by atoms with E-state index in [2.05, 4.69) is 14.5 Å². The van der Waals surface area contributed by atoms with Gasteiger partial charge in [0.2, 0.25) is 0 Å². The van der Waals surface area contributed by atoms with Crippen LogP contribution in [0.5, 0.6) is 5.75 Å². The lowest BCUT2D eigenvalue weighted by Crippen LogP contribution is -2.41. The summed E-state index contributed by atoms with van der Waals surface area (Å²) in [6.45, 7) is 3.27. The van der Waals surface area contributed by atoms with Gasteiger partial charge in [0.15, 0.2) is 0 Å². The molecule has 2 aromatic rings. The molecule has 0 spiro atoms. The zero-order chi connectivity index (χ0) is 12.8. The summed E-state index contributed by atoms with van der Waals surface area (Å²) in [4.78, 5) is 7.32. The number of imidazole rings is 1. The van der Waals surface area contributed by atoms with E-state index < -0.39 is 0 Å². The Bertz CT molecular complexity index is 615. The Kier molecular flexibility index (Phi) is 2.52. The van der Waals surface area contributed by atoms with Crippen molar-refractivity contribution in [3.8, 4) is 5.75 Å². The van der Waals surface area contributed by atoms with Crippen LogP contribution in [0.15, 0.2) is 18.2 Å². The molecule has 1 aromatic carbocycles. The van der Waals surface area contributed by atoms with Crippen LogP contribution in [-0.4, -0.2) is 38.7 Å². The molecule has 4 rings (SSSR count). The van der Waals surface area contributed by atoms with Crippen LogP contribution in [0, 0.1) is 0 Å². The third-order valence-electron chi connectivity index (χ3n) is 4.64. The third kappa shape index (κ3) is 1.82. The lowest BCUT2D eigenvalue weighted by atomic mass is 9.91. The van der Waals surface area contributed by atoms with Gasteiger partial charge in [-0.05, 0) is 25.0 Å². The molecular weight excluding hydrogens is 238 g/mol. The molecule has 4 nitrogen and oxygen atoms in total. The molecule has 0 saturated heterocycles. The van der Waals surface area contributed by atoms with E-state index in [9.17, 15) is 5.11 Å². The van der Waals surface area contributed by atoms with Gasteiger partial charge < -0.3 is 9.67 Å². The molecule has 4 heteroatoms. The van der Waals surface area contributed by atoms with Crippen LogP contribution in [0.3, 0.4) is 0 Å². The maximum absolute atomic E-state index is 9.54. The van der Waals surface area contributed by atoms with Crippen molar-refractivity contribution in [3.05, 3.63) is 24.0 Å². The van der Waals surface area contributed by atoms with Gasteiger partial charge in [-0.15, -0.1) is 0 Å². The van der Waals surface area contributed by atoms with Crippen molar-refractivity contribution in [1.82, 2.24) is 14.5 Å². The molecule has 0 unspecified atom stereocenters. The molecule has 100 valence electrons. The standard InChI is InChI=1S/C15H19N3O/c19-12-4-5-14-13(10-12)16-15-6-7-17(8-9-18(14)15)11-2-1-3-11/h4-5,10-11,19H,1-3,6-9H2. The summed E-state index contributed by atoms with van der Waals surface area (Å²) >= 11 is 0. The minimum absolute atomic E-state index is 0.303. The maximum Gasteiger partial charge on any atom is 0.117 e. The Labute approximate surface area is 112 Å². The molecule has 0 radical (unpaired) electrons. The largest absolute Gasteiger partial charge is 0.508 e. The number of phenols is 1. The van der Waals surface area contributed by atoms with Crippen LogP contribution in [0.4, 0.5) is 0 Å². The second-order valence-electron chi connectivity index (χ2n) is 5.72. The molecule has 1 aromatic heterocycles. The normalized spacial score (nSPS) is 21.1. The predicted octanol–water partition coefficient (Wildman–Crippen LogP) is 2.15. The summed E-state index contributed by atoms with van der Waals surface area (Å²) in [5, 5.41) is 9.54. The topological polar surface area (TPSA) is 41.3 Å². The van der Waals surface area contributed by atoms with E-state index in [-0.39, 0.29) is 0 Å². The second kappa shape index (κ2) is 4.23. The summed E-state index contributed by atoms with van der Waals surface area (Å²) in [6, 6.07) is 6.33. The highest BCUT2D eigenvalue weighted by molar-refractivity contribution is 5.77. The van der Waals surface area contributed by atoms with Crippen molar-refractivity contribution in [1.29, 1.82) is 0 Å². The van der Waals surface area contributed by atoms with Crippen molar-refractivity contribution >= 4 is 11.0 Å². The first-order chi connectivity index (χ1) is 9.31. The van der Waals surface area contributed by atoms with Gasteiger partial charge in [0, 0.05) is 38.2 Å². The number of hydrogen-bond donors (Lipinski definition) is 1. The highest BCUT2D eigenvalue weighted by Crippen LogP contribution is 2.28. The summed E-state index contributed by atoms with van der Waals surface area (Å²) < 4.78 is 2.33. The molecule has 2 heterocycles. The van der Waals surface area contributed by atoms with E-state index in [0.29, 0.717) is 5.75 Å². The number of phenolic OH excluding ortho intramolecular Hbond substituents is 1. The Hall–Kier alpha value is -1.55. The van der Waals surface area contributed by atoms with Gasteiger partial charge in [-0.1, -0.05) is 6.42 Å².